The molecule has 1 N–H and O–H groups in total. The van der Waals surface area contributed by atoms with E-state index in [1.165, 1.54) is 12.8 Å². The quantitative estimate of drug-likeness (QED) is 0.433. The summed E-state index contributed by atoms with van der Waals surface area (Å²) in [6.07, 6.45) is 6.19. The number of piperidine rings is 1. The molecule has 37 heavy (non-hydrogen) atoms. The van der Waals surface area contributed by atoms with Crippen molar-refractivity contribution in [3.63, 3.8) is 0 Å². The van der Waals surface area contributed by atoms with Crippen LogP contribution in [0.5, 0.6) is 0 Å². The minimum Gasteiger partial charge on any atom is -0.330 e. The first kappa shape index (κ1) is 31.2. The fourth-order valence-electron chi connectivity index (χ4n) is 4.68. The van der Waals surface area contributed by atoms with E-state index in [0.717, 1.165) is 53.8 Å². The Morgan fingerprint density at radius 1 is 1.03 bits per heavy atom. The van der Waals surface area contributed by atoms with Gasteiger partial charge in [0.05, 0.1) is 29.2 Å². The molecule has 1 amide bonds. The Bertz CT molecular complexity index is 1360. The second-order valence-corrected chi connectivity index (χ2v) is 11.1. The third-order valence-electron chi connectivity index (χ3n) is 6.45. The summed E-state index contributed by atoms with van der Waals surface area (Å²) < 4.78 is 28.2. The van der Waals surface area contributed by atoms with Crippen LogP contribution in [0.15, 0.2) is 30.3 Å². The van der Waals surface area contributed by atoms with E-state index in [1.807, 2.05) is 49.2 Å². The van der Waals surface area contributed by atoms with Crippen LogP contribution in [0.4, 0.5) is 5.69 Å². The van der Waals surface area contributed by atoms with Gasteiger partial charge in [0.1, 0.15) is 0 Å². The number of sulfonamides is 1. The number of aryl methyl sites for hydroxylation is 2. The maximum atomic E-state index is 13.7. The molecule has 1 radical (unpaired) electrons. The van der Waals surface area contributed by atoms with E-state index in [1.54, 1.807) is 12.1 Å². The number of carbonyl (C=O) groups excluding carboxylic acids is 1. The molecule has 1 aliphatic heterocycles. The van der Waals surface area contributed by atoms with Crippen molar-refractivity contribution in [1.29, 1.82) is 0 Å². The van der Waals surface area contributed by atoms with Crippen LogP contribution in [0.3, 0.4) is 0 Å². The molecule has 2 aromatic heterocycles. The summed E-state index contributed by atoms with van der Waals surface area (Å²) >= 11 is 0. The number of hydrogen-bond donors (Lipinski definition) is 1. The molecule has 0 bridgehead atoms. The number of nitrogens with zero attached hydrogens (tertiary/aromatic N) is 4. The predicted molar refractivity (Wildman–Crippen MR) is 146 cm³/mol. The predicted octanol–water partition coefficient (Wildman–Crippen LogP) is 5.41. The Kier molecular flexibility index (Phi) is 10.7. The van der Waals surface area contributed by atoms with Crippen molar-refractivity contribution in [3.8, 4) is 0 Å². The van der Waals surface area contributed by atoms with E-state index >= 15 is 0 Å². The fourth-order valence-corrected chi connectivity index (χ4v) is 5.25. The van der Waals surface area contributed by atoms with Gasteiger partial charge in [0, 0.05) is 48.5 Å². The molecule has 1 atom stereocenters. The number of fused-ring (bicyclic) bond motifs is 1. The first-order valence-corrected chi connectivity index (χ1v) is 14.4. The number of halogens is 1. The zero-order valence-electron chi connectivity index (χ0n) is 22.1. The van der Waals surface area contributed by atoms with Gasteiger partial charge in [-0.15, -0.1) is 12.4 Å². The summed E-state index contributed by atoms with van der Waals surface area (Å²) in [6, 6.07) is 9.17. The Labute approximate surface area is 238 Å². The standard InChI is InChI=1S/C24H29N5O3S.C2H6.ClH.V/c1-15-7-10-18(20(12-15)27-33(3,31)32)24(30)28-11-5-4-6-22(28)21-14-23-25-19(17-8-9-17)13-16(2)29(23)26-21;1-2;;/h7,10,12-14,17,22,27H,4-6,8-9,11H2,1-3H3;1-2H3;1H;/t22-;;;/m0.../s1. The van der Waals surface area contributed by atoms with E-state index in [-0.39, 0.29) is 42.9 Å². The molecule has 2 aliphatic rings. The molecule has 1 aliphatic carbocycles. The Balaban J connectivity index is 0.00000118. The van der Waals surface area contributed by atoms with Gasteiger partial charge < -0.3 is 4.90 Å². The van der Waals surface area contributed by atoms with E-state index in [2.05, 4.69) is 10.8 Å². The molecular weight excluding hydrogens is 549 g/mol. The molecule has 5 rings (SSSR count). The maximum absolute atomic E-state index is 13.7. The van der Waals surface area contributed by atoms with Gasteiger partial charge in [-0.2, -0.15) is 5.10 Å². The SMILES string of the molecule is CC.Cc1ccc(C(=O)N2CCCC[C@H]2c2cc3nc(C4CC4)cc(C)n3n2)c(NS(C)(=O)=O)c1.Cl.[V]. The molecule has 2 fully saturated rings. The summed E-state index contributed by atoms with van der Waals surface area (Å²) in [5, 5.41) is 4.83. The Morgan fingerprint density at radius 2 is 1.73 bits per heavy atom. The average Bonchev–Trinajstić information content (AvgIpc) is 3.58. The van der Waals surface area contributed by atoms with E-state index in [0.29, 0.717) is 23.7 Å². The van der Waals surface area contributed by atoms with Crippen molar-refractivity contribution < 1.29 is 31.8 Å². The fraction of sp³-hybridized carbons (Fsp3) is 0.500. The number of amides is 1. The van der Waals surface area contributed by atoms with E-state index in [4.69, 9.17) is 10.1 Å². The minimum atomic E-state index is -3.52. The number of aromatic nitrogens is 3. The van der Waals surface area contributed by atoms with E-state index < -0.39 is 10.0 Å². The Hall–Kier alpha value is -2.07. The zero-order valence-corrected chi connectivity index (χ0v) is 25.1. The molecular formula is C26H36ClN5O3SV. The monoisotopic (exact) mass is 584 g/mol. The van der Waals surface area contributed by atoms with Gasteiger partial charge in [-0.05, 0) is 69.7 Å². The van der Waals surface area contributed by atoms with Crippen LogP contribution < -0.4 is 4.72 Å². The first-order chi connectivity index (χ1) is 16.7. The van der Waals surface area contributed by atoms with Crippen LogP contribution in [-0.2, 0) is 28.6 Å². The summed E-state index contributed by atoms with van der Waals surface area (Å²) in [7, 11) is -3.52. The van der Waals surface area contributed by atoms with Gasteiger partial charge in [-0.3, -0.25) is 9.52 Å². The van der Waals surface area contributed by atoms with Crippen molar-refractivity contribution >= 4 is 39.7 Å². The third kappa shape index (κ3) is 7.08. The van der Waals surface area contributed by atoms with Gasteiger partial charge in [0.2, 0.25) is 10.0 Å². The van der Waals surface area contributed by atoms with Gasteiger partial charge in [-0.1, -0.05) is 19.9 Å². The molecule has 3 aromatic rings. The number of likely N-dealkylation sites (tertiary alicyclic amines) is 1. The van der Waals surface area contributed by atoms with Crippen molar-refractivity contribution in [2.24, 2.45) is 0 Å². The number of hydrogen-bond acceptors (Lipinski definition) is 5. The van der Waals surface area contributed by atoms with Crippen molar-refractivity contribution in [1.82, 2.24) is 19.5 Å². The molecule has 11 heteroatoms. The van der Waals surface area contributed by atoms with Crippen LogP contribution in [0.25, 0.3) is 5.65 Å². The summed E-state index contributed by atoms with van der Waals surface area (Å²) in [6.45, 7) is 8.51. The van der Waals surface area contributed by atoms with E-state index in [9.17, 15) is 13.2 Å². The molecule has 0 spiro atoms. The van der Waals surface area contributed by atoms with Crippen LogP contribution >= 0.6 is 12.4 Å². The number of rotatable bonds is 5. The largest absolute Gasteiger partial charge is 0.330 e. The van der Waals surface area contributed by atoms with Gasteiger partial charge in [0.15, 0.2) is 5.65 Å². The smallest absolute Gasteiger partial charge is 0.256 e. The van der Waals surface area contributed by atoms with Crippen LogP contribution in [-0.4, -0.2) is 46.6 Å². The topological polar surface area (TPSA) is 96.7 Å². The average molecular weight is 585 g/mol. The minimum absolute atomic E-state index is 0. The second-order valence-electron chi connectivity index (χ2n) is 9.37. The van der Waals surface area contributed by atoms with Crippen LogP contribution in [0, 0.1) is 13.8 Å². The molecule has 3 heterocycles. The number of anilines is 1. The second kappa shape index (κ2) is 12.7. The van der Waals surface area contributed by atoms with Gasteiger partial charge >= 0.3 is 0 Å². The van der Waals surface area contributed by atoms with Gasteiger partial charge in [0.25, 0.3) is 5.91 Å². The molecule has 1 aromatic carbocycles. The summed E-state index contributed by atoms with van der Waals surface area (Å²) in [4.78, 5) is 20.3. The van der Waals surface area contributed by atoms with Gasteiger partial charge in [-0.25, -0.2) is 17.9 Å². The van der Waals surface area contributed by atoms with Crippen LogP contribution in [0.2, 0.25) is 0 Å². The summed E-state index contributed by atoms with van der Waals surface area (Å²) in [5.74, 6) is 0.369. The molecule has 1 saturated heterocycles. The normalized spacial score (nSPS) is 17.2. The number of nitrogens with one attached hydrogen (secondary N) is 1. The third-order valence-corrected chi connectivity index (χ3v) is 7.04. The zero-order chi connectivity index (χ0) is 25.3. The number of benzene rings is 1. The number of carbonyl (C=O) groups is 1. The first-order valence-electron chi connectivity index (χ1n) is 12.5. The van der Waals surface area contributed by atoms with Crippen LogP contribution in [0.1, 0.15) is 90.9 Å². The molecule has 0 unspecified atom stereocenters. The molecule has 8 nitrogen and oxygen atoms in total. The van der Waals surface area contributed by atoms with Crippen molar-refractivity contribution in [3.05, 3.63) is 58.5 Å². The molecule has 201 valence electrons. The van der Waals surface area contributed by atoms with Crippen molar-refractivity contribution in [2.45, 2.75) is 71.8 Å². The Morgan fingerprint density at radius 3 is 2.38 bits per heavy atom. The summed E-state index contributed by atoms with van der Waals surface area (Å²) in [5.41, 5.74) is 5.36. The maximum Gasteiger partial charge on any atom is 0.256 e. The molecule has 1 saturated carbocycles. The van der Waals surface area contributed by atoms with Crippen molar-refractivity contribution in [2.75, 3.05) is 17.5 Å².